The molecule has 1 N–H and O–H groups in total. The lowest BCUT2D eigenvalue weighted by Crippen LogP contribution is -2.43. The maximum absolute atomic E-state index is 13.6. The largest absolute Gasteiger partial charge is 0.355 e. The standard InChI is InChI=1S/C20H21F2NO/c21-17-8-6-15(7-9-17)10-13-23-19(24)20(11-1-2-12-20)16-4-3-5-18(22)14-16/h3-9,14H,1-2,10-13H2,(H,23,24). The van der Waals surface area contributed by atoms with Gasteiger partial charge in [-0.05, 0) is 54.7 Å². The zero-order valence-corrected chi connectivity index (χ0v) is 13.5. The molecule has 1 aliphatic rings. The van der Waals surface area contributed by atoms with Crippen LogP contribution in [0.5, 0.6) is 0 Å². The summed E-state index contributed by atoms with van der Waals surface area (Å²) in [7, 11) is 0. The van der Waals surface area contributed by atoms with Crippen molar-refractivity contribution in [2.24, 2.45) is 0 Å². The molecule has 0 radical (unpaired) electrons. The molecule has 0 aromatic heterocycles. The highest BCUT2D eigenvalue weighted by Gasteiger charge is 2.42. The van der Waals surface area contributed by atoms with E-state index in [1.807, 2.05) is 6.07 Å². The summed E-state index contributed by atoms with van der Waals surface area (Å²) in [6.45, 7) is 0.488. The predicted octanol–water partition coefficient (Wildman–Crippen LogP) is 4.14. The lowest BCUT2D eigenvalue weighted by Gasteiger charge is -2.28. The van der Waals surface area contributed by atoms with E-state index < -0.39 is 5.41 Å². The molecule has 1 amide bonds. The van der Waals surface area contributed by atoms with Crippen LogP contribution in [-0.2, 0) is 16.6 Å². The Morgan fingerprint density at radius 1 is 1.00 bits per heavy atom. The average Bonchev–Trinajstić information content (AvgIpc) is 3.08. The summed E-state index contributed by atoms with van der Waals surface area (Å²) in [4.78, 5) is 12.8. The van der Waals surface area contributed by atoms with Gasteiger partial charge in [-0.3, -0.25) is 4.79 Å². The van der Waals surface area contributed by atoms with E-state index in [0.717, 1.165) is 36.8 Å². The highest BCUT2D eigenvalue weighted by molar-refractivity contribution is 5.88. The molecule has 1 fully saturated rings. The van der Waals surface area contributed by atoms with Crippen molar-refractivity contribution in [3.63, 3.8) is 0 Å². The maximum atomic E-state index is 13.6. The second-order valence-electron chi connectivity index (χ2n) is 6.43. The van der Waals surface area contributed by atoms with Crippen LogP contribution >= 0.6 is 0 Å². The summed E-state index contributed by atoms with van der Waals surface area (Å²) in [6, 6.07) is 12.7. The zero-order chi connectivity index (χ0) is 17.0. The Labute approximate surface area is 140 Å². The molecule has 24 heavy (non-hydrogen) atoms. The molecule has 2 aromatic carbocycles. The number of halogens is 2. The normalized spacial score (nSPS) is 16.1. The molecule has 2 nitrogen and oxygen atoms in total. The van der Waals surface area contributed by atoms with E-state index in [2.05, 4.69) is 5.32 Å². The van der Waals surface area contributed by atoms with Crippen LogP contribution in [-0.4, -0.2) is 12.5 Å². The van der Waals surface area contributed by atoms with Crippen molar-refractivity contribution in [1.82, 2.24) is 5.32 Å². The van der Waals surface area contributed by atoms with Crippen LogP contribution in [0.2, 0.25) is 0 Å². The number of carbonyl (C=O) groups is 1. The Bertz CT molecular complexity index is 706. The third kappa shape index (κ3) is 3.48. The van der Waals surface area contributed by atoms with E-state index in [4.69, 9.17) is 0 Å². The predicted molar refractivity (Wildman–Crippen MR) is 89.7 cm³/mol. The summed E-state index contributed by atoms with van der Waals surface area (Å²) in [5, 5.41) is 2.99. The molecule has 4 heteroatoms. The fraction of sp³-hybridized carbons (Fsp3) is 0.350. The molecule has 3 rings (SSSR count). The minimum Gasteiger partial charge on any atom is -0.355 e. The number of benzene rings is 2. The van der Waals surface area contributed by atoms with Gasteiger partial charge in [-0.25, -0.2) is 8.78 Å². The molecular formula is C20H21F2NO. The van der Waals surface area contributed by atoms with Gasteiger partial charge in [0.1, 0.15) is 11.6 Å². The van der Waals surface area contributed by atoms with Crippen molar-refractivity contribution in [2.45, 2.75) is 37.5 Å². The third-order valence-corrected chi connectivity index (χ3v) is 4.88. The molecule has 126 valence electrons. The van der Waals surface area contributed by atoms with Crippen LogP contribution in [0.15, 0.2) is 48.5 Å². The van der Waals surface area contributed by atoms with Gasteiger partial charge in [-0.1, -0.05) is 37.1 Å². The van der Waals surface area contributed by atoms with Gasteiger partial charge < -0.3 is 5.32 Å². The van der Waals surface area contributed by atoms with Gasteiger partial charge in [0.25, 0.3) is 0 Å². The molecule has 1 saturated carbocycles. The van der Waals surface area contributed by atoms with Gasteiger partial charge in [0.05, 0.1) is 5.41 Å². The van der Waals surface area contributed by atoms with Crippen LogP contribution in [0, 0.1) is 11.6 Å². The van der Waals surface area contributed by atoms with E-state index in [-0.39, 0.29) is 17.5 Å². The SMILES string of the molecule is O=C(NCCc1ccc(F)cc1)C1(c2cccc(F)c2)CCCC1. The molecule has 0 aliphatic heterocycles. The third-order valence-electron chi connectivity index (χ3n) is 4.88. The van der Waals surface area contributed by atoms with Gasteiger partial charge in [0.2, 0.25) is 5.91 Å². The lowest BCUT2D eigenvalue weighted by molar-refractivity contribution is -0.126. The molecule has 1 aliphatic carbocycles. The van der Waals surface area contributed by atoms with Gasteiger partial charge in [0.15, 0.2) is 0 Å². The number of rotatable bonds is 5. The quantitative estimate of drug-likeness (QED) is 0.878. The van der Waals surface area contributed by atoms with Crippen LogP contribution in [0.25, 0.3) is 0 Å². The molecule has 0 unspecified atom stereocenters. The fourth-order valence-electron chi connectivity index (χ4n) is 3.55. The van der Waals surface area contributed by atoms with Crippen molar-refractivity contribution < 1.29 is 13.6 Å². The van der Waals surface area contributed by atoms with Gasteiger partial charge in [0, 0.05) is 6.54 Å². The van der Waals surface area contributed by atoms with E-state index >= 15 is 0 Å². The first kappa shape index (κ1) is 16.6. The van der Waals surface area contributed by atoms with Gasteiger partial charge >= 0.3 is 0 Å². The molecule has 0 saturated heterocycles. The van der Waals surface area contributed by atoms with Crippen LogP contribution in [0.4, 0.5) is 8.78 Å². The van der Waals surface area contributed by atoms with Crippen LogP contribution in [0.3, 0.4) is 0 Å². The summed E-state index contributed by atoms with van der Waals surface area (Å²) < 4.78 is 26.5. The number of hydrogen-bond acceptors (Lipinski definition) is 1. The van der Waals surface area contributed by atoms with Crippen molar-refractivity contribution in [3.05, 3.63) is 71.3 Å². The second kappa shape index (κ2) is 7.12. The monoisotopic (exact) mass is 329 g/mol. The second-order valence-corrected chi connectivity index (χ2v) is 6.43. The number of carbonyl (C=O) groups excluding carboxylic acids is 1. The van der Waals surface area contributed by atoms with E-state index in [9.17, 15) is 13.6 Å². The minimum absolute atomic E-state index is 0.0345. The van der Waals surface area contributed by atoms with Crippen molar-refractivity contribution in [1.29, 1.82) is 0 Å². The Kier molecular flexibility index (Phi) is 4.93. The van der Waals surface area contributed by atoms with Crippen molar-refractivity contribution >= 4 is 5.91 Å². The van der Waals surface area contributed by atoms with Crippen molar-refractivity contribution in [2.75, 3.05) is 6.54 Å². The Balaban J connectivity index is 1.68. The number of amides is 1. The van der Waals surface area contributed by atoms with E-state index in [1.54, 1.807) is 18.2 Å². The van der Waals surface area contributed by atoms with Crippen molar-refractivity contribution in [3.8, 4) is 0 Å². The molecule has 0 bridgehead atoms. The van der Waals surface area contributed by atoms with E-state index in [1.165, 1.54) is 24.3 Å². The Hall–Kier alpha value is -2.23. The summed E-state index contributed by atoms with van der Waals surface area (Å²) in [5.41, 5.74) is 1.12. The van der Waals surface area contributed by atoms with Crippen LogP contribution < -0.4 is 5.32 Å². The average molecular weight is 329 g/mol. The minimum atomic E-state index is -0.620. The Morgan fingerprint density at radius 3 is 2.38 bits per heavy atom. The van der Waals surface area contributed by atoms with Crippen LogP contribution in [0.1, 0.15) is 36.8 Å². The van der Waals surface area contributed by atoms with Gasteiger partial charge in [-0.15, -0.1) is 0 Å². The zero-order valence-electron chi connectivity index (χ0n) is 13.5. The first-order valence-corrected chi connectivity index (χ1v) is 8.39. The molecule has 2 aromatic rings. The summed E-state index contributed by atoms with van der Waals surface area (Å²) in [5.74, 6) is -0.607. The lowest BCUT2D eigenvalue weighted by atomic mass is 9.78. The van der Waals surface area contributed by atoms with E-state index in [0.29, 0.717) is 13.0 Å². The molecular weight excluding hydrogens is 308 g/mol. The number of nitrogens with one attached hydrogen (secondary N) is 1. The fourth-order valence-corrected chi connectivity index (χ4v) is 3.55. The molecule has 0 spiro atoms. The highest BCUT2D eigenvalue weighted by Crippen LogP contribution is 2.41. The summed E-state index contributed by atoms with van der Waals surface area (Å²) >= 11 is 0. The maximum Gasteiger partial charge on any atom is 0.230 e. The smallest absolute Gasteiger partial charge is 0.230 e. The van der Waals surface area contributed by atoms with Gasteiger partial charge in [-0.2, -0.15) is 0 Å². The first-order chi connectivity index (χ1) is 11.6. The number of hydrogen-bond donors (Lipinski definition) is 1. The first-order valence-electron chi connectivity index (χ1n) is 8.39. The Morgan fingerprint density at radius 2 is 1.71 bits per heavy atom. The molecule has 0 heterocycles. The molecule has 0 atom stereocenters. The summed E-state index contributed by atoms with van der Waals surface area (Å²) in [6.07, 6.45) is 4.09. The topological polar surface area (TPSA) is 29.1 Å². The highest BCUT2D eigenvalue weighted by atomic mass is 19.1.